The summed E-state index contributed by atoms with van der Waals surface area (Å²) < 4.78 is 0. The fraction of sp³-hybridized carbons (Fsp3) is 0.0244. The molecule has 0 saturated carbocycles. The molecule has 12 aromatic carbocycles. The maximum absolute atomic E-state index is 6.69. The molecule has 0 N–H and O–H groups in total. The van der Waals surface area contributed by atoms with Crippen molar-refractivity contribution in [1.82, 2.24) is 0 Å². The van der Waals surface area contributed by atoms with Gasteiger partial charge in [-0.25, -0.2) is 0 Å². The van der Waals surface area contributed by atoms with E-state index in [4.69, 9.17) is 25.7 Å². The maximum Gasteiger partial charge on any atom is 2.00 e. The molecule has 12 rings (SSSR count). The molecule has 0 aliphatic carbocycles. The minimum Gasteiger partial charge on any atom is -0.366 e. The molecule has 12 aromatic rings. The summed E-state index contributed by atoms with van der Waals surface area (Å²) in [5, 5.41) is 12.0. The molecule has 0 aromatic heterocycles. The van der Waals surface area contributed by atoms with Gasteiger partial charge >= 0.3 is 42.1 Å². The topological polar surface area (TPSA) is 0 Å². The second-order valence-electron chi connectivity index (χ2n) is 19.2. The molecule has 432 valence electrons. The number of benzene rings is 12. The van der Waals surface area contributed by atoms with Gasteiger partial charge in [-0.05, 0) is 97.1 Å². The molecule has 6 heteroatoms. The monoisotopic (exact) mass is 1570 g/mol. The minimum absolute atomic E-state index is 0. The Labute approximate surface area is 559 Å². The van der Waals surface area contributed by atoms with E-state index in [0.29, 0.717) is 0 Å². The van der Waals surface area contributed by atoms with E-state index in [0.717, 1.165) is 22.3 Å². The maximum atomic E-state index is 6.69. The van der Waals surface area contributed by atoms with E-state index in [1.54, 1.807) is 0 Å². The van der Waals surface area contributed by atoms with E-state index in [2.05, 4.69) is 266 Å². The van der Waals surface area contributed by atoms with E-state index in [-0.39, 0.29) is 42.1 Å². The van der Waals surface area contributed by atoms with Crippen molar-refractivity contribution >= 4 is 74.1 Å². The zero-order valence-corrected chi connectivity index (χ0v) is 57.2. The van der Waals surface area contributed by atoms with Crippen LogP contribution in [0.5, 0.6) is 0 Å². The van der Waals surface area contributed by atoms with Crippen molar-refractivity contribution in [3.8, 4) is 23.7 Å². The van der Waals surface area contributed by atoms with Gasteiger partial charge in [-0.1, -0.05) is 218 Å². The van der Waals surface area contributed by atoms with Crippen LogP contribution in [0.15, 0.2) is 364 Å². The Morgan fingerprint density at radius 1 is 0.170 bits per heavy atom. The summed E-state index contributed by atoms with van der Waals surface area (Å²) in [4.78, 5) is 0. The first-order chi connectivity index (χ1) is 42.6. The number of hydrogen-bond donors (Lipinski definition) is 0. The molecular formula is C82H68P4Pt2+4. The Kier molecular flexibility index (Phi) is 34.4. The zero-order chi connectivity index (χ0) is 59.9. The predicted octanol–water partition coefficient (Wildman–Crippen LogP) is 15.8. The largest absolute Gasteiger partial charge is 2.00 e. The molecule has 0 nitrogen and oxygen atoms in total. The Morgan fingerprint density at radius 3 is 0.364 bits per heavy atom. The van der Waals surface area contributed by atoms with Crippen molar-refractivity contribution in [2.24, 2.45) is 0 Å². The predicted molar refractivity (Wildman–Crippen MR) is 382 cm³/mol. The van der Waals surface area contributed by atoms with Crippen molar-refractivity contribution < 1.29 is 42.1 Å². The average molecular weight is 1570 g/mol. The fourth-order valence-electron chi connectivity index (χ4n) is 9.04. The van der Waals surface area contributed by atoms with Gasteiger partial charge in [0.05, 0.1) is 0 Å². The van der Waals surface area contributed by atoms with Crippen LogP contribution in [-0.2, 0) is 42.1 Å². The van der Waals surface area contributed by atoms with Crippen molar-refractivity contribution in [2.75, 3.05) is 11.8 Å². The number of rotatable bonds is 12. The Balaban J connectivity index is 0.000000212. The van der Waals surface area contributed by atoms with Crippen LogP contribution in [0.3, 0.4) is 0 Å². The Bertz CT molecular complexity index is 3200. The average Bonchev–Trinajstić information content (AvgIpc) is 3.54. The van der Waals surface area contributed by atoms with Crippen LogP contribution in [0.4, 0.5) is 0 Å². The third-order valence-corrected chi connectivity index (χ3v) is 27.3. The van der Waals surface area contributed by atoms with Crippen LogP contribution in [0.2, 0.25) is 0 Å². The van der Waals surface area contributed by atoms with E-state index < -0.39 is 31.7 Å². The third kappa shape index (κ3) is 25.0. The normalized spacial score (nSPS) is 9.64. The molecule has 0 fully saturated rings. The third-order valence-electron chi connectivity index (χ3n) is 13.4. The van der Waals surface area contributed by atoms with Gasteiger partial charge in [-0.15, -0.1) is 70.8 Å². The molecular weight excluding hydrogens is 1500 g/mol. The second kappa shape index (κ2) is 42.8. The first-order valence-corrected chi connectivity index (χ1v) is 35.2. The van der Waals surface area contributed by atoms with E-state index in [1.807, 2.05) is 121 Å². The molecule has 0 aliphatic heterocycles. The fourth-order valence-corrected chi connectivity index (χ4v) is 24.5. The molecule has 88 heavy (non-hydrogen) atoms. The molecule has 0 amide bonds. The summed E-state index contributed by atoms with van der Waals surface area (Å²) in [6, 6.07) is 126. The molecule has 0 unspecified atom stereocenters. The van der Waals surface area contributed by atoms with Gasteiger partial charge in [0.25, 0.3) is 0 Å². The summed E-state index contributed by atoms with van der Waals surface area (Å²) >= 11 is 0. The quantitative estimate of drug-likeness (QED) is 0.0650. The summed E-state index contributed by atoms with van der Waals surface area (Å²) in [5.74, 6) is 11.6. The first kappa shape index (κ1) is 70.7. The molecule has 0 bridgehead atoms. The second-order valence-corrected chi connectivity index (χ2v) is 30.4. The van der Waals surface area contributed by atoms with Crippen molar-refractivity contribution in [3.05, 3.63) is 412 Å². The minimum atomic E-state index is -0.847. The summed E-state index contributed by atoms with van der Waals surface area (Å²) in [6.07, 6.45) is 26.8. The van der Waals surface area contributed by atoms with Crippen LogP contribution in [-0.4, -0.2) is 11.8 Å². The zero-order valence-electron chi connectivity index (χ0n) is 48.7. The molecule has 0 heterocycles. The SMILES string of the molecule is [C-]#Cc1ccccc1.[C-]#Cc1ccccc1.[C-]#Cc1ccccc1.[C-]#Cc1ccccc1.[Pt+2].[Pt+2].c1ccc([PH+](C[PH+](c2ccccc2)c2ccccc2)c2ccccc2)cc1.c1ccc([PH+](C[PH+](c2ccccc2)c2ccccc2)c2ccccc2)cc1. The van der Waals surface area contributed by atoms with Crippen LogP contribution >= 0.6 is 31.7 Å². The Hall–Kier alpha value is -8.02. The summed E-state index contributed by atoms with van der Waals surface area (Å²) in [6.45, 7) is 0. The molecule has 0 radical (unpaired) electrons. The summed E-state index contributed by atoms with van der Waals surface area (Å²) in [7, 11) is -3.39. The number of hydrogen-bond acceptors (Lipinski definition) is 0. The Morgan fingerprint density at radius 2 is 0.273 bits per heavy atom. The van der Waals surface area contributed by atoms with Crippen molar-refractivity contribution in [3.63, 3.8) is 0 Å². The van der Waals surface area contributed by atoms with Crippen molar-refractivity contribution in [2.45, 2.75) is 0 Å². The summed E-state index contributed by atoms with van der Waals surface area (Å²) in [5.41, 5.74) is 3.31. The van der Waals surface area contributed by atoms with E-state index >= 15 is 0 Å². The van der Waals surface area contributed by atoms with Gasteiger partial charge in [0.1, 0.15) is 74.1 Å². The van der Waals surface area contributed by atoms with Crippen LogP contribution in [0, 0.1) is 49.4 Å². The van der Waals surface area contributed by atoms with E-state index in [1.165, 1.54) is 54.2 Å². The standard InChI is InChI=1S/2C25H22P2.4C8H5.2Pt/c2*1-5-13-22(14-6-1)26(23-15-7-2-8-16-23)21-27(24-17-9-3-10-18-24)25-19-11-4-12-20-25;4*1-2-8-6-4-3-5-7-8;;/h2*1-20H,21H2;4*3-7H;;/q;;4*-1;2*+2/p+4. The molecule has 0 atom stereocenters. The van der Waals surface area contributed by atoms with Gasteiger partial charge in [-0.3, -0.25) is 23.7 Å². The van der Waals surface area contributed by atoms with Gasteiger partial charge in [0.15, 0.2) is 11.8 Å². The van der Waals surface area contributed by atoms with E-state index in [9.17, 15) is 0 Å². The van der Waals surface area contributed by atoms with Crippen LogP contribution < -0.4 is 42.4 Å². The molecule has 0 spiro atoms. The first-order valence-electron chi connectivity index (χ1n) is 28.3. The van der Waals surface area contributed by atoms with Crippen LogP contribution in [0.25, 0.3) is 0 Å². The van der Waals surface area contributed by atoms with Gasteiger partial charge in [0, 0.05) is 0 Å². The van der Waals surface area contributed by atoms with Gasteiger partial charge < -0.3 is 25.7 Å². The molecule has 0 aliphatic rings. The van der Waals surface area contributed by atoms with Gasteiger partial charge in [-0.2, -0.15) is 0 Å². The van der Waals surface area contributed by atoms with Crippen LogP contribution in [0.1, 0.15) is 22.3 Å². The van der Waals surface area contributed by atoms with Gasteiger partial charge in [0.2, 0.25) is 0 Å². The van der Waals surface area contributed by atoms with Crippen molar-refractivity contribution in [1.29, 1.82) is 0 Å². The molecule has 0 saturated heterocycles. The smallest absolute Gasteiger partial charge is 0.366 e.